The Morgan fingerprint density at radius 3 is 2.71 bits per heavy atom. The molecule has 0 aromatic carbocycles. The van der Waals surface area contributed by atoms with Crippen LogP contribution in [0.15, 0.2) is 0 Å². The zero-order chi connectivity index (χ0) is 10.6. The lowest BCUT2D eigenvalue weighted by Gasteiger charge is -2.40. The zero-order valence-corrected chi connectivity index (χ0v) is 9.71. The average molecular weight is 200 g/mol. The quantitative estimate of drug-likeness (QED) is 0.693. The van der Waals surface area contributed by atoms with Gasteiger partial charge in [0.25, 0.3) is 0 Å². The van der Waals surface area contributed by atoms with Crippen LogP contribution in [0.3, 0.4) is 0 Å². The first kappa shape index (κ1) is 12.0. The summed E-state index contributed by atoms with van der Waals surface area (Å²) in [4.78, 5) is 2.52. The third-order valence-corrected chi connectivity index (χ3v) is 2.90. The Balaban J connectivity index is 2.64. The Kier molecular flexibility index (Phi) is 4.35. The highest BCUT2D eigenvalue weighted by Crippen LogP contribution is 2.20. The van der Waals surface area contributed by atoms with Crippen LogP contribution in [0.25, 0.3) is 0 Å². The van der Waals surface area contributed by atoms with E-state index >= 15 is 0 Å². The van der Waals surface area contributed by atoms with Gasteiger partial charge in [0.05, 0.1) is 0 Å². The number of hydrogen-bond acceptors (Lipinski definition) is 3. The van der Waals surface area contributed by atoms with Crippen molar-refractivity contribution in [3.05, 3.63) is 0 Å². The SMILES string of the molecule is CC(C)(C)N1CCCNCC1CCO. The van der Waals surface area contributed by atoms with E-state index in [2.05, 4.69) is 31.0 Å². The lowest BCUT2D eigenvalue weighted by Crippen LogP contribution is -2.50. The number of hydrogen-bond donors (Lipinski definition) is 2. The van der Waals surface area contributed by atoms with Crippen LogP contribution in [0.4, 0.5) is 0 Å². The largest absolute Gasteiger partial charge is 0.396 e. The topological polar surface area (TPSA) is 35.5 Å². The number of nitrogens with zero attached hydrogens (tertiary/aromatic N) is 1. The molecule has 0 saturated carbocycles. The smallest absolute Gasteiger partial charge is 0.0446 e. The maximum atomic E-state index is 9.04. The van der Waals surface area contributed by atoms with E-state index < -0.39 is 0 Å². The summed E-state index contributed by atoms with van der Waals surface area (Å²) in [5.74, 6) is 0. The molecule has 3 heteroatoms. The van der Waals surface area contributed by atoms with Crippen LogP contribution in [-0.2, 0) is 0 Å². The minimum absolute atomic E-state index is 0.214. The molecule has 1 heterocycles. The molecule has 1 rings (SSSR count). The van der Waals surface area contributed by atoms with Crippen molar-refractivity contribution in [1.82, 2.24) is 10.2 Å². The van der Waals surface area contributed by atoms with E-state index in [1.807, 2.05) is 0 Å². The van der Waals surface area contributed by atoms with Gasteiger partial charge in [-0.3, -0.25) is 4.90 Å². The lowest BCUT2D eigenvalue weighted by molar-refractivity contribution is 0.0748. The summed E-state index contributed by atoms with van der Waals surface area (Å²) in [6.07, 6.45) is 2.09. The van der Waals surface area contributed by atoms with Crippen LogP contribution in [0.5, 0.6) is 0 Å². The van der Waals surface area contributed by atoms with E-state index in [-0.39, 0.29) is 5.54 Å². The minimum atomic E-state index is 0.214. The molecule has 84 valence electrons. The van der Waals surface area contributed by atoms with E-state index in [4.69, 9.17) is 5.11 Å². The summed E-state index contributed by atoms with van der Waals surface area (Å²) in [7, 11) is 0. The molecule has 14 heavy (non-hydrogen) atoms. The molecule has 0 aromatic rings. The van der Waals surface area contributed by atoms with E-state index in [9.17, 15) is 0 Å². The molecule has 1 fully saturated rings. The van der Waals surface area contributed by atoms with Gasteiger partial charge in [-0.15, -0.1) is 0 Å². The Morgan fingerprint density at radius 2 is 2.14 bits per heavy atom. The maximum Gasteiger partial charge on any atom is 0.0446 e. The second-order valence-corrected chi connectivity index (χ2v) is 5.09. The monoisotopic (exact) mass is 200 g/mol. The summed E-state index contributed by atoms with van der Waals surface area (Å²) >= 11 is 0. The molecule has 3 nitrogen and oxygen atoms in total. The molecular formula is C11H24N2O. The molecule has 1 unspecified atom stereocenters. The normalized spacial score (nSPS) is 26.1. The Labute approximate surface area is 87.5 Å². The predicted octanol–water partition coefficient (Wildman–Crippen LogP) is 0.831. The van der Waals surface area contributed by atoms with Crippen molar-refractivity contribution >= 4 is 0 Å². The summed E-state index contributed by atoms with van der Waals surface area (Å²) in [5, 5.41) is 12.5. The van der Waals surface area contributed by atoms with E-state index in [1.165, 1.54) is 6.42 Å². The number of aliphatic hydroxyl groups is 1. The van der Waals surface area contributed by atoms with Crippen molar-refractivity contribution in [3.63, 3.8) is 0 Å². The summed E-state index contributed by atoms with van der Waals surface area (Å²) in [5.41, 5.74) is 0.214. The lowest BCUT2D eigenvalue weighted by atomic mass is 10.0. The van der Waals surface area contributed by atoms with Crippen molar-refractivity contribution in [3.8, 4) is 0 Å². The van der Waals surface area contributed by atoms with E-state index in [0.29, 0.717) is 12.6 Å². The summed E-state index contributed by atoms with van der Waals surface area (Å²) in [6.45, 7) is 10.3. The molecule has 1 aliphatic rings. The predicted molar refractivity (Wildman–Crippen MR) is 59.4 cm³/mol. The average Bonchev–Trinajstić information content (AvgIpc) is 2.29. The minimum Gasteiger partial charge on any atom is -0.396 e. The van der Waals surface area contributed by atoms with Gasteiger partial charge >= 0.3 is 0 Å². The number of nitrogens with one attached hydrogen (secondary N) is 1. The van der Waals surface area contributed by atoms with Gasteiger partial charge in [0.15, 0.2) is 0 Å². The van der Waals surface area contributed by atoms with Crippen LogP contribution in [-0.4, -0.2) is 47.8 Å². The van der Waals surface area contributed by atoms with Crippen LogP contribution >= 0.6 is 0 Å². The fourth-order valence-corrected chi connectivity index (χ4v) is 2.23. The van der Waals surface area contributed by atoms with E-state index in [0.717, 1.165) is 26.1 Å². The molecule has 0 radical (unpaired) electrons. The zero-order valence-electron chi connectivity index (χ0n) is 9.71. The van der Waals surface area contributed by atoms with Crippen molar-refractivity contribution in [1.29, 1.82) is 0 Å². The van der Waals surface area contributed by atoms with Gasteiger partial charge in [-0.1, -0.05) is 0 Å². The highest BCUT2D eigenvalue weighted by molar-refractivity contribution is 4.86. The highest BCUT2D eigenvalue weighted by Gasteiger charge is 2.29. The third kappa shape index (κ3) is 3.23. The van der Waals surface area contributed by atoms with Crippen LogP contribution in [0, 0.1) is 0 Å². The number of aliphatic hydroxyl groups excluding tert-OH is 1. The molecule has 1 saturated heterocycles. The van der Waals surface area contributed by atoms with Crippen LogP contribution < -0.4 is 5.32 Å². The molecule has 0 aromatic heterocycles. The molecule has 0 amide bonds. The Bertz CT molecular complexity index is 165. The van der Waals surface area contributed by atoms with Crippen LogP contribution in [0.1, 0.15) is 33.6 Å². The van der Waals surface area contributed by atoms with Crippen LogP contribution in [0.2, 0.25) is 0 Å². The van der Waals surface area contributed by atoms with Crippen molar-refractivity contribution < 1.29 is 5.11 Å². The number of rotatable bonds is 2. The molecule has 0 aliphatic carbocycles. The van der Waals surface area contributed by atoms with Gasteiger partial charge in [-0.25, -0.2) is 0 Å². The summed E-state index contributed by atoms with van der Waals surface area (Å²) in [6, 6.07) is 0.488. The first-order valence-electron chi connectivity index (χ1n) is 5.64. The van der Waals surface area contributed by atoms with Gasteiger partial charge in [-0.05, 0) is 40.2 Å². The first-order valence-corrected chi connectivity index (χ1v) is 5.64. The van der Waals surface area contributed by atoms with Crippen molar-refractivity contribution in [2.24, 2.45) is 0 Å². The van der Waals surface area contributed by atoms with Gasteiger partial charge < -0.3 is 10.4 Å². The maximum absolute atomic E-state index is 9.04. The standard InChI is InChI=1S/C11H24N2O/c1-11(2,3)13-7-4-6-12-9-10(13)5-8-14/h10,12,14H,4-9H2,1-3H3. The second kappa shape index (κ2) is 5.10. The van der Waals surface area contributed by atoms with Gasteiger partial charge in [-0.2, -0.15) is 0 Å². The molecule has 0 spiro atoms. The van der Waals surface area contributed by atoms with Crippen molar-refractivity contribution in [2.45, 2.75) is 45.2 Å². The first-order chi connectivity index (χ1) is 6.55. The molecule has 1 atom stereocenters. The van der Waals surface area contributed by atoms with Crippen molar-refractivity contribution in [2.75, 3.05) is 26.2 Å². The summed E-state index contributed by atoms with van der Waals surface area (Å²) < 4.78 is 0. The Hall–Kier alpha value is -0.120. The highest BCUT2D eigenvalue weighted by atomic mass is 16.3. The third-order valence-electron chi connectivity index (χ3n) is 2.90. The molecule has 0 bridgehead atoms. The van der Waals surface area contributed by atoms with Gasteiger partial charge in [0.1, 0.15) is 0 Å². The fraction of sp³-hybridized carbons (Fsp3) is 1.00. The molecule has 2 N–H and O–H groups in total. The molecule has 1 aliphatic heterocycles. The fourth-order valence-electron chi connectivity index (χ4n) is 2.23. The second-order valence-electron chi connectivity index (χ2n) is 5.09. The van der Waals surface area contributed by atoms with Gasteiger partial charge in [0, 0.05) is 31.3 Å². The molecular weight excluding hydrogens is 176 g/mol. The van der Waals surface area contributed by atoms with Gasteiger partial charge in [0.2, 0.25) is 0 Å². The van der Waals surface area contributed by atoms with E-state index in [1.54, 1.807) is 0 Å². The Morgan fingerprint density at radius 1 is 1.43 bits per heavy atom.